The number of carbonyl (C=O) groups excluding carboxylic acids is 1. The van der Waals surface area contributed by atoms with E-state index in [9.17, 15) is 4.79 Å². The molecule has 0 aromatic rings. The molecule has 0 bridgehead atoms. The molecule has 1 fully saturated rings. The smallest absolute Gasteiger partial charge is 0.344 e. The highest BCUT2D eigenvalue weighted by molar-refractivity contribution is 7.79. The molecule has 1 saturated heterocycles. The van der Waals surface area contributed by atoms with E-state index in [4.69, 9.17) is 17.5 Å². The van der Waals surface area contributed by atoms with Gasteiger partial charge in [-0.15, -0.1) is 0 Å². The Balaban J connectivity index is -0.000000185. The van der Waals surface area contributed by atoms with Crippen LogP contribution in [0.4, 0.5) is 0 Å². The van der Waals surface area contributed by atoms with Crippen LogP contribution in [0.1, 0.15) is 12.8 Å². The van der Waals surface area contributed by atoms with E-state index in [0.29, 0.717) is 6.42 Å². The lowest BCUT2D eigenvalue weighted by atomic mass is 10.4. The number of hydrogen-bond donors (Lipinski definition) is 4. The maximum Gasteiger partial charge on any atom is 0.394 e. The Hall–Kier alpha value is -1.00. The van der Waals surface area contributed by atoms with Crippen LogP contribution in [0.3, 0.4) is 0 Å². The van der Waals surface area contributed by atoms with E-state index in [0.717, 1.165) is 13.0 Å². The molecule has 0 spiro atoms. The molecule has 92 valence electrons. The molecule has 8 N–H and O–H groups in total. The van der Waals surface area contributed by atoms with E-state index >= 15 is 0 Å². The molecule has 0 aromatic heterocycles. The molecule has 0 aromatic carbocycles. The Morgan fingerprint density at radius 3 is 1.87 bits per heavy atom. The standard InChI is InChI=1S/C6H9NO.2H3N.H2O4S/c1-2-7-5-3-4-6(7)8;;;1-5(2,3)4/h2H,1,3-5H2;2*1H3;(H2,1,2,3,4). The summed E-state index contributed by atoms with van der Waals surface area (Å²) in [5, 5.41) is 0. The Kier molecular flexibility index (Phi) is 10.8. The Labute approximate surface area is 88.7 Å². The van der Waals surface area contributed by atoms with Crippen molar-refractivity contribution in [2.75, 3.05) is 6.54 Å². The van der Waals surface area contributed by atoms with E-state index in [1.165, 1.54) is 0 Å². The van der Waals surface area contributed by atoms with Gasteiger partial charge in [0.2, 0.25) is 5.91 Å². The first-order chi connectivity index (χ1) is 5.84. The van der Waals surface area contributed by atoms with E-state index in [1.54, 1.807) is 11.1 Å². The van der Waals surface area contributed by atoms with Crippen molar-refractivity contribution in [2.45, 2.75) is 12.8 Å². The number of hydrogen-bond acceptors (Lipinski definition) is 5. The highest BCUT2D eigenvalue weighted by Gasteiger charge is 2.15. The van der Waals surface area contributed by atoms with Crippen LogP contribution in [0.5, 0.6) is 0 Å². The zero-order valence-electron chi connectivity index (χ0n) is 8.29. The minimum absolute atomic E-state index is 0. The van der Waals surface area contributed by atoms with Gasteiger partial charge in [-0.3, -0.25) is 13.9 Å². The quantitative estimate of drug-likeness (QED) is 0.484. The average molecular weight is 243 g/mol. The molecule has 1 amide bonds. The molecule has 1 aliphatic heterocycles. The second-order valence-corrected chi connectivity index (χ2v) is 3.22. The van der Waals surface area contributed by atoms with Gasteiger partial charge >= 0.3 is 10.4 Å². The predicted molar refractivity (Wildman–Crippen MR) is 55.4 cm³/mol. The second kappa shape index (κ2) is 8.32. The molecule has 0 aliphatic carbocycles. The zero-order chi connectivity index (χ0) is 10.5. The molecule has 0 unspecified atom stereocenters. The van der Waals surface area contributed by atoms with Gasteiger partial charge in [-0.2, -0.15) is 8.42 Å². The normalized spacial score (nSPS) is 14.3. The summed E-state index contributed by atoms with van der Waals surface area (Å²) in [6.45, 7) is 4.36. The van der Waals surface area contributed by atoms with Crippen LogP contribution >= 0.6 is 0 Å². The number of nitrogens with zero attached hydrogens (tertiary/aromatic N) is 1. The first-order valence-corrected chi connectivity index (χ1v) is 4.86. The summed E-state index contributed by atoms with van der Waals surface area (Å²) in [6.07, 6.45) is 3.28. The fourth-order valence-electron chi connectivity index (χ4n) is 0.862. The minimum atomic E-state index is -4.67. The topological polar surface area (TPSA) is 165 Å². The summed E-state index contributed by atoms with van der Waals surface area (Å²) in [5.41, 5.74) is 0. The molecule has 9 heteroatoms. The highest BCUT2D eigenvalue weighted by atomic mass is 32.3. The van der Waals surface area contributed by atoms with Gasteiger partial charge in [0.05, 0.1) is 0 Å². The molecule has 0 radical (unpaired) electrons. The van der Waals surface area contributed by atoms with Crippen molar-refractivity contribution in [3.05, 3.63) is 12.8 Å². The third-order valence-corrected chi connectivity index (χ3v) is 1.33. The van der Waals surface area contributed by atoms with Crippen LogP contribution in [-0.2, 0) is 15.2 Å². The zero-order valence-corrected chi connectivity index (χ0v) is 9.11. The summed E-state index contributed by atoms with van der Waals surface area (Å²) in [6, 6.07) is 0. The van der Waals surface area contributed by atoms with Crippen LogP contribution in [0, 0.1) is 0 Å². The monoisotopic (exact) mass is 243 g/mol. The predicted octanol–water partition coefficient (Wildman–Crippen LogP) is 0.424. The summed E-state index contributed by atoms with van der Waals surface area (Å²) in [5.74, 6) is 0.208. The van der Waals surface area contributed by atoms with Crippen molar-refractivity contribution in [2.24, 2.45) is 0 Å². The summed E-state index contributed by atoms with van der Waals surface area (Å²) in [4.78, 5) is 12.3. The maximum absolute atomic E-state index is 10.7. The van der Waals surface area contributed by atoms with Gasteiger partial charge in [-0.1, -0.05) is 6.58 Å². The molecule has 0 saturated carbocycles. The summed E-state index contributed by atoms with van der Waals surface area (Å²) >= 11 is 0. The molecular weight excluding hydrogens is 226 g/mol. The lowest BCUT2D eigenvalue weighted by Gasteiger charge is -2.05. The van der Waals surface area contributed by atoms with E-state index in [2.05, 4.69) is 6.58 Å². The van der Waals surface area contributed by atoms with Crippen molar-refractivity contribution in [1.82, 2.24) is 17.2 Å². The summed E-state index contributed by atoms with van der Waals surface area (Å²) in [7, 11) is -4.67. The first-order valence-electron chi connectivity index (χ1n) is 3.46. The Bertz CT molecular complexity index is 281. The van der Waals surface area contributed by atoms with Crippen molar-refractivity contribution in [1.29, 1.82) is 0 Å². The molecule has 0 atom stereocenters. The lowest BCUT2D eigenvalue weighted by Crippen LogP contribution is -2.16. The van der Waals surface area contributed by atoms with Gasteiger partial charge in [-0.25, -0.2) is 0 Å². The summed E-state index contributed by atoms with van der Waals surface area (Å²) < 4.78 is 31.6. The van der Waals surface area contributed by atoms with Gasteiger partial charge < -0.3 is 17.2 Å². The lowest BCUT2D eigenvalue weighted by molar-refractivity contribution is -0.125. The van der Waals surface area contributed by atoms with Crippen LogP contribution in [0.15, 0.2) is 12.8 Å². The highest BCUT2D eigenvalue weighted by Crippen LogP contribution is 2.08. The molecule has 15 heavy (non-hydrogen) atoms. The first kappa shape index (κ1) is 19.6. The minimum Gasteiger partial charge on any atom is -0.344 e. The fourth-order valence-corrected chi connectivity index (χ4v) is 0.862. The number of rotatable bonds is 1. The van der Waals surface area contributed by atoms with Gasteiger partial charge in [-0.05, 0) is 12.6 Å². The molecular formula is C6H17N3O5S. The van der Waals surface area contributed by atoms with Crippen LogP contribution < -0.4 is 12.3 Å². The number of amides is 1. The number of likely N-dealkylation sites (tertiary alicyclic amines) is 1. The van der Waals surface area contributed by atoms with Crippen molar-refractivity contribution >= 4 is 16.3 Å². The van der Waals surface area contributed by atoms with E-state index in [-0.39, 0.29) is 18.2 Å². The number of carbonyl (C=O) groups is 1. The van der Waals surface area contributed by atoms with Gasteiger partial charge in [0.15, 0.2) is 0 Å². The van der Waals surface area contributed by atoms with Crippen molar-refractivity contribution < 1.29 is 22.3 Å². The van der Waals surface area contributed by atoms with Crippen molar-refractivity contribution in [3.8, 4) is 0 Å². The SMILES string of the molecule is C=CN1CCCC1=O.N.N.O=S(=O)(O)O. The largest absolute Gasteiger partial charge is 0.394 e. The maximum atomic E-state index is 10.7. The molecule has 1 heterocycles. The Morgan fingerprint density at radius 2 is 1.73 bits per heavy atom. The van der Waals surface area contributed by atoms with Crippen LogP contribution in [0.25, 0.3) is 0 Å². The third-order valence-electron chi connectivity index (χ3n) is 1.33. The van der Waals surface area contributed by atoms with Crippen LogP contribution in [-0.4, -0.2) is 34.9 Å². The van der Waals surface area contributed by atoms with Gasteiger partial charge in [0, 0.05) is 13.0 Å². The van der Waals surface area contributed by atoms with Crippen molar-refractivity contribution in [3.63, 3.8) is 0 Å². The second-order valence-electron chi connectivity index (χ2n) is 2.32. The van der Waals surface area contributed by atoms with Crippen LogP contribution in [0.2, 0.25) is 0 Å². The molecule has 1 aliphatic rings. The van der Waals surface area contributed by atoms with E-state index in [1.807, 2.05) is 0 Å². The van der Waals surface area contributed by atoms with Gasteiger partial charge in [0.25, 0.3) is 0 Å². The average Bonchev–Trinajstić information content (AvgIpc) is 2.31. The fraction of sp³-hybridized carbons (Fsp3) is 0.500. The van der Waals surface area contributed by atoms with E-state index < -0.39 is 10.4 Å². The molecule has 1 rings (SSSR count). The molecule has 8 nitrogen and oxygen atoms in total. The Morgan fingerprint density at radius 1 is 1.33 bits per heavy atom. The van der Waals surface area contributed by atoms with Gasteiger partial charge in [0.1, 0.15) is 0 Å². The third kappa shape index (κ3) is 13.0.